The van der Waals surface area contributed by atoms with Gasteiger partial charge in [-0.05, 0) is 55.3 Å². The summed E-state index contributed by atoms with van der Waals surface area (Å²) in [4.78, 5) is 24.2. The van der Waals surface area contributed by atoms with Gasteiger partial charge in [0, 0.05) is 38.5 Å². The van der Waals surface area contributed by atoms with Crippen LogP contribution < -0.4 is 10.1 Å². The fourth-order valence-corrected chi connectivity index (χ4v) is 5.85. The molecule has 7 nitrogen and oxygen atoms in total. The van der Waals surface area contributed by atoms with Gasteiger partial charge in [-0.25, -0.2) is 8.42 Å². The number of hydrogen-bond acceptors (Lipinski definition) is 5. The molecule has 0 bridgehead atoms. The zero-order valence-electron chi connectivity index (χ0n) is 17.9. The normalized spacial score (nSPS) is 18.4. The molecule has 2 heterocycles. The molecule has 0 saturated carbocycles. The second-order valence-electron chi connectivity index (χ2n) is 8.45. The Hall–Kier alpha value is -2.71. The lowest BCUT2D eigenvalue weighted by Gasteiger charge is -2.44. The molecule has 1 saturated heterocycles. The maximum Gasteiger partial charge on any atom is 0.243 e. The van der Waals surface area contributed by atoms with E-state index in [1.54, 1.807) is 12.1 Å². The highest BCUT2D eigenvalue weighted by atomic mass is 32.2. The first-order valence-corrected chi connectivity index (χ1v) is 11.7. The third kappa shape index (κ3) is 4.09. The summed E-state index contributed by atoms with van der Waals surface area (Å²) in [6, 6.07) is 9.99. The lowest BCUT2D eigenvalue weighted by molar-refractivity contribution is -0.114. The summed E-state index contributed by atoms with van der Waals surface area (Å²) in [6.07, 6.45) is 1.17. The molecule has 31 heavy (non-hydrogen) atoms. The number of sulfonamides is 1. The highest BCUT2D eigenvalue weighted by Crippen LogP contribution is 2.42. The summed E-state index contributed by atoms with van der Waals surface area (Å²) in [5.41, 5.74) is 2.46. The number of carbonyl (C=O) groups excluding carboxylic acids is 2. The van der Waals surface area contributed by atoms with Gasteiger partial charge in [0.15, 0.2) is 5.78 Å². The number of fused-ring (bicyclic) bond motifs is 1. The maximum absolute atomic E-state index is 13.1. The molecule has 1 fully saturated rings. The van der Waals surface area contributed by atoms with E-state index < -0.39 is 15.6 Å². The van der Waals surface area contributed by atoms with E-state index in [1.165, 1.54) is 23.4 Å². The van der Waals surface area contributed by atoms with Crippen LogP contribution >= 0.6 is 0 Å². The summed E-state index contributed by atoms with van der Waals surface area (Å²) in [6.45, 7) is 5.85. The minimum atomic E-state index is -3.67. The number of anilines is 1. The third-order valence-electron chi connectivity index (χ3n) is 5.97. The van der Waals surface area contributed by atoms with Gasteiger partial charge < -0.3 is 10.1 Å². The Labute approximate surface area is 182 Å². The standard InChI is InChI=1S/C23H26N2O5S/c1-15-12-16(2)22-20(13-15)21(27)14-23(30-22)8-10-25(11-9-23)31(28,29)19-6-4-18(5-7-19)24-17(3)26/h4-7,12-13H,8-11,14H2,1-3H3,(H,24,26). The predicted octanol–water partition coefficient (Wildman–Crippen LogP) is 3.45. The van der Waals surface area contributed by atoms with E-state index in [-0.39, 0.29) is 36.1 Å². The van der Waals surface area contributed by atoms with Crippen molar-refractivity contribution >= 4 is 27.4 Å². The van der Waals surface area contributed by atoms with E-state index in [1.807, 2.05) is 26.0 Å². The van der Waals surface area contributed by atoms with Gasteiger partial charge in [-0.1, -0.05) is 6.07 Å². The van der Waals surface area contributed by atoms with Gasteiger partial charge in [-0.3, -0.25) is 9.59 Å². The summed E-state index contributed by atoms with van der Waals surface area (Å²) >= 11 is 0. The Morgan fingerprint density at radius 1 is 1.10 bits per heavy atom. The van der Waals surface area contributed by atoms with Gasteiger partial charge in [0.05, 0.1) is 16.9 Å². The molecule has 1 N–H and O–H groups in total. The maximum atomic E-state index is 13.1. The van der Waals surface area contributed by atoms with Crippen LogP contribution in [-0.4, -0.2) is 43.1 Å². The first kappa shape index (κ1) is 21.5. The summed E-state index contributed by atoms with van der Waals surface area (Å²) in [5.74, 6) is 0.468. The minimum absolute atomic E-state index is 0.0536. The second-order valence-corrected chi connectivity index (χ2v) is 10.4. The van der Waals surface area contributed by atoms with E-state index >= 15 is 0 Å². The van der Waals surface area contributed by atoms with Gasteiger partial charge in [-0.15, -0.1) is 0 Å². The van der Waals surface area contributed by atoms with Crippen LogP contribution in [0.4, 0.5) is 5.69 Å². The van der Waals surface area contributed by atoms with Crippen molar-refractivity contribution in [3.8, 4) is 5.75 Å². The minimum Gasteiger partial charge on any atom is -0.486 e. The van der Waals surface area contributed by atoms with Crippen molar-refractivity contribution in [3.63, 3.8) is 0 Å². The monoisotopic (exact) mass is 442 g/mol. The smallest absolute Gasteiger partial charge is 0.243 e. The van der Waals surface area contributed by atoms with Crippen molar-refractivity contribution in [2.24, 2.45) is 0 Å². The Kier molecular flexibility index (Phi) is 5.39. The molecular formula is C23H26N2O5S. The number of nitrogens with one attached hydrogen (secondary N) is 1. The van der Waals surface area contributed by atoms with E-state index in [0.29, 0.717) is 29.8 Å². The van der Waals surface area contributed by atoms with Gasteiger partial charge in [0.1, 0.15) is 11.4 Å². The van der Waals surface area contributed by atoms with Crippen LogP contribution in [0.15, 0.2) is 41.3 Å². The number of benzene rings is 2. The Morgan fingerprint density at radius 3 is 2.35 bits per heavy atom. The molecule has 2 aromatic rings. The van der Waals surface area contributed by atoms with Crippen LogP contribution in [-0.2, 0) is 14.8 Å². The molecule has 0 radical (unpaired) electrons. The highest BCUT2D eigenvalue weighted by molar-refractivity contribution is 7.89. The first-order valence-electron chi connectivity index (χ1n) is 10.3. The molecule has 0 atom stereocenters. The quantitative estimate of drug-likeness (QED) is 0.786. The van der Waals surface area contributed by atoms with E-state index in [2.05, 4.69) is 5.32 Å². The molecule has 8 heteroatoms. The van der Waals surface area contributed by atoms with Crippen LogP contribution in [0.25, 0.3) is 0 Å². The topological polar surface area (TPSA) is 92.8 Å². The Morgan fingerprint density at radius 2 is 1.74 bits per heavy atom. The third-order valence-corrected chi connectivity index (χ3v) is 7.88. The van der Waals surface area contributed by atoms with Crippen LogP contribution in [0.2, 0.25) is 0 Å². The Balaban J connectivity index is 1.50. The molecular weight excluding hydrogens is 416 g/mol. The van der Waals surface area contributed by atoms with Crippen LogP contribution in [0.5, 0.6) is 5.75 Å². The predicted molar refractivity (Wildman–Crippen MR) is 117 cm³/mol. The summed E-state index contributed by atoms with van der Waals surface area (Å²) in [7, 11) is -3.67. The number of carbonyl (C=O) groups is 2. The molecule has 0 unspecified atom stereocenters. The number of rotatable bonds is 3. The van der Waals surface area contributed by atoms with Crippen molar-refractivity contribution in [3.05, 3.63) is 53.1 Å². The molecule has 0 aliphatic carbocycles. The molecule has 164 valence electrons. The largest absolute Gasteiger partial charge is 0.486 e. The van der Waals surface area contributed by atoms with Crippen LogP contribution in [0.3, 0.4) is 0 Å². The molecule has 1 spiro atoms. The SMILES string of the molecule is CC(=O)Nc1ccc(S(=O)(=O)N2CCC3(CC2)CC(=O)c2cc(C)cc(C)c2O3)cc1. The molecule has 4 rings (SSSR count). The second kappa shape index (κ2) is 7.76. The Bertz CT molecular complexity index is 1150. The highest BCUT2D eigenvalue weighted by Gasteiger charge is 2.45. The van der Waals surface area contributed by atoms with Crippen molar-refractivity contribution in [2.45, 2.75) is 50.5 Å². The average molecular weight is 443 g/mol. The fraction of sp³-hybridized carbons (Fsp3) is 0.391. The van der Waals surface area contributed by atoms with Gasteiger partial charge in [0.25, 0.3) is 0 Å². The lowest BCUT2D eigenvalue weighted by atomic mass is 9.82. The van der Waals surface area contributed by atoms with Gasteiger partial charge in [-0.2, -0.15) is 4.31 Å². The van der Waals surface area contributed by atoms with Gasteiger partial charge in [0.2, 0.25) is 15.9 Å². The number of Topliss-reactive ketones (excluding diaryl/α,β-unsaturated/α-hetero) is 1. The number of ether oxygens (including phenoxy) is 1. The molecule has 0 aromatic heterocycles. The average Bonchev–Trinajstić information content (AvgIpc) is 2.69. The van der Waals surface area contributed by atoms with Crippen LogP contribution in [0, 0.1) is 13.8 Å². The van der Waals surface area contributed by atoms with Crippen LogP contribution in [0.1, 0.15) is 47.7 Å². The van der Waals surface area contributed by atoms with Crippen molar-refractivity contribution in [2.75, 3.05) is 18.4 Å². The van der Waals surface area contributed by atoms with Crippen molar-refractivity contribution in [1.29, 1.82) is 0 Å². The van der Waals surface area contributed by atoms with E-state index in [0.717, 1.165) is 11.1 Å². The molecule has 1 amide bonds. The zero-order valence-corrected chi connectivity index (χ0v) is 18.7. The zero-order chi connectivity index (χ0) is 22.4. The summed E-state index contributed by atoms with van der Waals surface area (Å²) < 4.78 is 33.9. The number of aryl methyl sites for hydroxylation is 2. The number of ketones is 1. The van der Waals surface area contributed by atoms with Crippen molar-refractivity contribution < 1.29 is 22.7 Å². The lowest BCUT2D eigenvalue weighted by Crippen LogP contribution is -2.52. The number of piperidine rings is 1. The van der Waals surface area contributed by atoms with E-state index in [9.17, 15) is 18.0 Å². The fourth-order valence-electron chi connectivity index (χ4n) is 4.41. The molecule has 2 aromatic carbocycles. The number of hydrogen-bond donors (Lipinski definition) is 1. The van der Waals surface area contributed by atoms with E-state index in [4.69, 9.17) is 4.74 Å². The molecule has 2 aliphatic heterocycles. The number of nitrogens with zero attached hydrogens (tertiary/aromatic N) is 1. The summed E-state index contributed by atoms with van der Waals surface area (Å²) in [5, 5.41) is 2.63. The first-order chi connectivity index (χ1) is 14.6. The molecule has 2 aliphatic rings. The number of amides is 1. The van der Waals surface area contributed by atoms with Gasteiger partial charge >= 0.3 is 0 Å². The van der Waals surface area contributed by atoms with Crippen molar-refractivity contribution in [1.82, 2.24) is 4.31 Å².